The maximum atomic E-state index is 10.6. The summed E-state index contributed by atoms with van der Waals surface area (Å²) in [5.41, 5.74) is 0. The Bertz CT molecular complexity index is 363. The van der Waals surface area contributed by atoms with Crippen molar-refractivity contribution in [1.29, 1.82) is 0 Å². The van der Waals surface area contributed by atoms with Crippen molar-refractivity contribution in [1.82, 2.24) is 0 Å². The van der Waals surface area contributed by atoms with E-state index in [-0.39, 0.29) is 5.76 Å². The van der Waals surface area contributed by atoms with Crippen LogP contribution in [0.15, 0.2) is 16.5 Å². The van der Waals surface area contributed by atoms with Gasteiger partial charge in [-0.15, -0.1) is 0 Å². The van der Waals surface area contributed by atoms with Gasteiger partial charge in [0.2, 0.25) is 5.76 Å². The normalized spacial score (nSPS) is 17.2. The van der Waals surface area contributed by atoms with Crippen molar-refractivity contribution in [3.05, 3.63) is 23.7 Å². The maximum Gasteiger partial charge on any atom is 0.371 e. The molecule has 17 heavy (non-hydrogen) atoms. The van der Waals surface area contributed by atoms with E-state index in [0.717, 1.165) is 6.61 Å². The predicted octanol–water partition coefficient (Wildman–Crippen LogP) is 3.07. The van der Waals surface area contributed by atoms with Gasteiger partial charge in [0.05, 0.1) is 0 Å². The third-order valence-electron chi connectivity index (χ3n) is 3.20. The number of hydrogen-bond acceptors (Lipinski definition) is 3. The SMILES string of the molecule is O=C(O)c1ccc(COCC2CCCCC2)o1. The van der Waals surface area contributed by atoms with Gasteiger partial charge in [-0.3, -0.25) is 0 Å². The van der Waals surface area contributed by atoms with Crippen LogP contribution in [0.3, 0.4) is 0 Å². The molecule has 0 bridgehead atoms. The summed E-state index contributed by atoms with van der Waals surface area (Å²) < 4.78 is 10.7. The largest absolute Gasteiger partial charge is 0.475 e. The third kappa shape index (κ3) is 3.60. The van der Waals surface area contributed by atoms with Crippen LogP contribution in [-0.2, 0) is 11.3 Å². The lowest BCUT2D eigenvalue weighted by molar-refractivity contribution is 0.0579. The van der Waals surface area contributed by atoms with Crippen molar-refractivity contribution in [3.8, 4) is 0 Å². The van der Waals surface area contributed by atoms with Crippen LogP contribution in [0.1, 0.15) is 48.4 Å². The van der Waals surface area contributed by atoms with E-state index in [1.807, 2.05) is 0 Å². The molecule has 0 amide bonds. The van der Waals surface area contributed by atoms with Crippen LogP contribution < -0.4 is 0 Å². The molecule has 1 N–H and O–H groups in total. The van der Waals surface area contributed by atoms with Crippen LogP contribution in [-0.4, -0.2) is 17.7 Å². The Hall–Kier alpha value is -1.29. The number of carboxylic acids is 1. The Morgan fingerprint density at radius 3 is 2.76 bits per heavy atom. The van der Waals surface area contributed by atoms with Crippen LogP contribution in [0, 0.1) is 5.92 Å². The van der Waals surface area contributed by atoms with Crippen LogP contribution in [0.25, 0.3) is 0 Å². The standard InChI is InChI=1S/C13H18O4/c14-13(15)12-7-6-11(17-12)9-16-8-10-4-2-1-3-5-10/h6-7,10H,1-5,8-9H2,(H,14,15). The molecule has 0 aromatic carbocycles. The van der Waals surface area contributed by atoms with Crippen molar-refractivity contribution < 1.29 is 19.1 Å². The van der Waals surface area contributed by atoms with Gasteiger partial charge in [0.15, 0.2) is 0 Å². The van der Waals surface area contributed by atoms with Gasteiger partial charge in [-0.2, -0.15) is 0 Å². The first-order valence-electron chi connectivity index (χ1n) is 6.15. The smallest absolute Gasteiger partial charge is 0.371 e. The second kappa shape index (κ2) is 5.87. The summed E-state index contributed by atoms with van der Waals surface area (Å²) in [6.45, 7) is 1.12. The van der Waals surface area contributed by atoms with Crippen molar-refractivity contribution in [2.75, 3.05) is 6.61 Å². The second-order valence-electron chi connectivity index (χ2n) is 4.59. The highest BCUT2D eigenvalue weighted by atomic mass is 16.5. The van der Waals surface area contributed by atoms with Gasteiger partial charge in [0.1, 0.15) is 12.4 Å². The number of aromatic carboxylic acids is 1. The molecule has 94 valence electrons. The first-order valence-corrected chi connectivity index (χ1v) is 6.15. The van der Waals surface area contributed by atoms with Crippen molar-refractivity contribution >= 4 is 5.97 Å². The monoisotopic (exact) mass is 238 g/mol. The molecular weight excluding hydrogens is 220 g/mol. The molecule has 1 saturated carbocycles. The highest BCUT2D eigenvalue weighted by Crippen LogP contribution is 2.24. The molecule has 2 rings (SSSR count). The number of carboxylic acid groups (broad SMARTS) is 1. The van der Waals surface area contributed by atoms with Crippen molar-refractivity contribution in [2.45, 2.75) is 38.7 Å². The maximum absolute atomic E-state index is 10.6. The first kappa shape index (κ1) is 12.2. The van der Waals surface area contributed by atoms with Gasteiger partial charge in [-0.25, -0.2) is 4.79 Å². The van der Waals surface area contributed by atoms with E-state index in [4.69, 9.17) is 14.3 Å². The quantitative estimate of drug-likeness (QED) is 0.856. The molecule has 0 spiro atoms. The molecule has 1 aromatic rings. The molecule has 1 aliphatic rings. The van der Waals surface area contributed by atoms with E-state index in [2.05, 4.69) is 0 Å². The van der Waals surface area contributed by atoms with E-state index in [1.54, 1.807) is 6.07 Å². The summed E-state index contributed by atoms with van der Waals surface area (Å²) in [6.07, 6.45) is 6.45. The van der Waals surface area contributed by atoms with E-state index in [9.17, 15) is 4.79 Å². The lowest BCUT2D eigenvalue weighted by atomic mass is 9.90. The zero-order valence-electron chi connectivity index (χ0n) is 9.85. The van der Waals surface area contributed by atoms with Crippen LogP contribution in [0.4, 0.5) is 0 Å². The summed E-state index contributed by atoms with van der Waals surface area (Å²) in [6, 6.07) is 3.12. The van der Waals surface area contributed by atoms with E-state index in [0.29, 0.717) is 18.3 Å². The number of carbonyl (C=O) groups is 1. The average molecular weight is 238 g/mol. The Balaban J connectivity index is 1.71. The molecule has 1 fully saturated rings. The Kier molecular flexibility index (Phi) is 4.20. The minimum Gasteiger partial charge on any atom is -0.475 e. The molecule has 4 nitrogen and oxygen atoms in total. The average Bonchev–Trinajstić information content (AvgIpc) is 2.79. The van der Waals surface area contributed by atoms with Gasteiger partial charge in [-0.05, 0) is 30.9 Å². The third-order valence-corrected chi connectivity index (χ3v) is 3.20. The molecule has 4 heteroatoms. The number of hydrogen-bond donors (Lipinski definition) is 1. The Labute approximate surface area is 101 Å². The molecule has 1 heterocycles. The van der Waals surface area contributed by atoms with Gasteiger partial charge in [0.25, 0.3) is 0 Å². The number of furan rings is 1. The van der Waals surface area contributed by atoms with E-state index >= 15 is 0 Å². The van der Waals surface area contributed by atoms with Gasteiger partial charge in [0, 0.05) is 6.61 Å². The summed E-state index contributed by atoms with van der Waals surface area (Å²) in [5, 5.41) is 8.69. The van der Waals surface area contributed by atoms with Gasteiger partial charge in [-0.1, -0.05) is 19.3 Å². The lowest BCUT2D eigenvalue weighted by Crippen LogP contribution is -2.13. The van der Waals surface area contributed by atoms with Gasteiger partial charge >= 0.3 is 5.97 Å². The number of ether oxygens (including phenoxy) is 1. The molecule has 0 saturated heterocycles. The summed E-state index contributed by atoms with van der Waals surface area (Å²) >= 11 is 0. The minimum absolute atomic E-state index is 0.0266. The first-order chi connectivity index (χ1) is 8.25. The highest BCUT2D eigenvalue weighted by molar-refractivity contribution is 5.84. The summed E-state index contributed by atoms with van der Waals surface area (Å²) in [5.74, 6) is 0.181. The van der Waals surface area contributed by atoms with Crippen molar-refractivity contribution in [2.24, 2.45) is 5.92 Å². The molecule has 0 radical (unpaired) electrons. The molecular formula is C13H18O4. The zero-order chi connectivity index (χ0) is 12.1. The fourth-order valence-electron chi connectivity index (χ4n) is 2.25. The van der Waals surface area contributed by atoms with Crippen LogP contribution in [0.5, 0.6) is 0 Å². The molecule has 0 unspecified atom stereocenters. The molecule has 0 aliphatic heterocycles. The molecule has 0 atom stereocenters. The fraction of sp³-hybridized carbons (Fsp3) is 0.615. The molecule has 1 aliphatic carbocycles. The second-order valence-corrected chi connectivity index (χ2v) is 4.59. The highest BCUT2D eigenvalue weighted by Gasteiger charge is 2.14. The van der Waals surface area contributed by atoms with Crippen LogP contribution >= 0.6 is 0 Å². The Morgan fingerprint density at radius 2 is 2.12 bits per heavy atom. The number of rotatable bonds is 5. The predicted molar refractivity (Wildman–Crippen MR) is 61.9 cm³/mol. The molecule has 1 aromatic heterocycles. The van der Waals surface area contributed by atoms with Crippen LogP contribution in [0.2, 0.25) is 0 Å². The lowest BCUT2D eigenvalue weighted by Gasteiger charge is -2.20. The summed E-state index contributed by atoms with van der Waals surface area (Å²) in [7, 11) is 0. The van der Waals surface area contributed by atoms with E-state index in [1.165, 1.54) is 38.2 Å². The minimum atomic E-state index is -1.04. The summed E-state index contributed by atoms with van der Waals surface area (Å²) in [4.78, 5) is 10.6. The zero-order valence-corrected chi connectivity index (χ0v) is 9.85. The van der Waals surface area contributed by atoms with E-state index < -0.39 is 5.97 Å². The fourth-order valence-corrected chi connectivity index (χ4v) is 2.25. The topological polar surface area (TPSA) is 59.7 Å². The van der Waals surface area contributed by atoms with Crippen molar-refractivity contribution in [3.63, 3.8) is 0 Å². The van der Waals surface area contributed by atoms with Gasteiger partial charge < -0.3 is 14.3 Å². The Morgan fingerprint density at radius 1 is 1.35 bits per heavy atom.